The van der Waals surface area contributed by atoms with E-state index in [1.165, 1.54) is 12.1 Å². The van der Waals surface area contributed by atoms with Gasteiger partial charge in [-0.1, -0.05) is 0 Å². The lowest BCUT2D eigenvalue weighted by molar-refractivity contribution is -0.117. The van der Waals surface area contributed by atoms with E-state index in [9.17, 15) is 9.18 Å². The van der Waals surface area contributed by atoms with Gasteiger partial charge >= 0.3 is 0 Å². The number of nitriles is 1. The van der Waals surface area contributed by atoms with Crippen molar-refractivity contribution in [2.75, 3.05) is 18.4 Å². The summed E-state index contributed by atoms with van der Waals surface area (Å²) < 4.78 is 13.6. The Morgan fingerprint density at radius 1 is 1.50 bits per heavy atom. The van der Waals surface area contributed by atoms with Gasteiger partial charge in [-0.3, -0.25) is 4.79 Å². The Hall–Kier alpha value is -1.93. The van der Waals surface area contributed by atoms with E-state index in [1.807, 2.05) is 6.07 Å². The second-order valence-electron chi connectivity index (χ2n) is 5.19. The van der Waals surface area contributed by atoms with Crippen LogP contribution < -0.4 is 10.6 Å². The van der Waals surface area contributed by atoms with Crippen LogP contribution in [0.1, 0.15) is 30.4 Å². The van der Waals surface area contributed by atoms with E-state index in [0.717, 1.165) is 25.9 Å². The summed E-state index contributed by atoms with van der Waals surface area (Å²) in [5, 5.41) is 14.8. The number of amides is 1. The molecule has 1 amide bonds. The minimum atomic E-state index is -0.471. The van der Waals surface area contributed by atoms with Gasteiger partial charge in [0.1, 0.15) is 5.82 Å². The minimum Gasteiger partial charge on any atom is -0.326 e. The number of halogens is 1. The van der Waals surface area contributed by atoms with Crippen LogP contribution in [-0.2, 0) is 4.79 Å². The number of nitrogens with one attached hydrogen (secondary N) is 2. The molecule has 2 rings (SSSR count). The maximum absolute atomic E-state index is 13.6. The summed E-state index contributed by atoms with van der Waals surface area (Å²) in [6.45, 7) is 3.47. The highest BCUT2D eigenvalue weighted by atomic mass is 19.1. The van der Waals surface area contributed by atoms with Crippen LogP contribution >= 0.6 is 0 Å². The van der Waals surface area contributed by atoms with Gasteiger partial charge in [0.2, 0.25) is 5.91 Å². The van der Waals surface area contributed by atoms with Crippen molar-refractivity contribution in [2.24, 2.45) is 5.92 Å². The van der Waals surface area contributed by atoms with Gasteiger partial charge in [0.25, 0.3) is 0 Å². The van der Waals surface area contributed by atoms with Crippen LogP contribution in [0.25, 0.3) is 0 Å². The summed E-state index contributed by atoms with van der Waals surface area (Å²) in [5.41, 5.74) is 0.966. The van der Waals surface area contributed by atoms with Crippen LogP contribution in [0.15, 0.2) is 12.1 Å². The molecule has 0 saturated carbocycles. The van der Waals surface area contributed by atoms with Gasteiger partial charge in [0.15, 0.2) is 0 Å². The summed E-state index contributed by atoms with van der Waals surface area (Å²) in [6.07, 6.45) is 2.41. The molecule has 0 aliphatic carbocycles. The zero-order valence-electron chi connectivity index (χ0n) is 11.5. The fourth-order valence-corrected chi connectivity index (χ4v) is 2.42. The lowest BCUT2D eigenvalue weighted by atomic mass is 9.94. The Balaban J connectivity index is 2.03. The highest BCUT2D eigenvalue weighted by Gasteiger charge is 2.18. The third-order valence-corrected chi connectivity index (χ3v) is 3.68. The van der Waals surface area contributed by atoms with Gasteiger partial charge in [0, 0.05) is 17.7 Å². The van der Waals surface area contributed by atoms with Crippen LogP contribution in [0.2, 0.25) is 0 Å². The third-order valence-electron chi connectivity index (χ3n) is 3.68. The molecule has 1 aliphatic heterocycles. The Bertz CT molecular complexity index is 545. The molecule has 1 heterocycles. The van der Waals surface area contributed by atoms with Crippen LogP contribution in [-0.4, -0.2) is 19.0 Å². The van der Waals surface area contributed by atoms with Crippen LogP contribution in [0.3, 0.4) is 0 Å². The molecule has 0 atom stereocenters. The van der Waals surface area contributed by atoms with Crippen molar-refractivity contribution in [1.29, 1.82) is 5.26 Å². The van der Waals surface area contributed by atoms with Crippen molar-refractivity contribution in [2.45, 2.75) is 26.2 Å². The van der Waals surface area contributed by atoms with Gasteiger partial charge < -0.3 is 10.6 Å². The van der Waals surface area contributed by atoms with E-state index in [4.69, 9.17) is 5.26 Å². The average molecular weight is 275 g/mol. The Kier molecular flexibility index (Phi) is 4.70. The lowest BCUT2D eigenvalue weighted by Gasteiger charge is -2.22. The smallest absolute Gasteiger partial charge is 0.224 e. The molecule has 5 heteroatoms. The molecular weight excluding hydrogens is 257 g/mol. The first-order valence-corrected chi connectivity index (χ1v) is 6.81. The molecule has 0 unspecified atom stereocenters. The number of anilines is 1. The number of nitrogens with zero attached hydrogens (tertiary/aromatic N) is 1. The highest BCUT2D eigenvalue weighted by Crippen LogP contribution is 2.22. The van der Waals surface area contributed by atoms with Crippen molar-refractivity contribution >= 4 is 11.6 Å². The summed E-state index contributed by atoms with van der Waals surface area (Å²) in [7, 11) is 0. The van der Waals surface area contributed by atoms with Gasteiger partial charge in [0.05, 0.1) is 11.6 Å². The Labute approximate surface area is 118 Å². The maximum Gasteiger partial charge on any atom is 0.224 e. The number of carbonyl (C=O) groups excluding carboxylic acids is 1. The van der Waals surface area contributed by atoms with E-state index in [2.05, 4.69) is 10.6 Å². The van der Waals surface area contributed by atoms with Crippen molar-refractivity contribution in [3.8, 4) is 6.07 Å². The quantitative estimate of drug-likeness (QED) is 0.890. The van der Waals surface area contributed by atoms with Gasteiger partial charge in [-0.05, 0) is 50.9 Å². The number of carbonyl (C=O) groups is 1. The predicted octanol–water partition coefficient (Wildman–Crippen LogP) is 2.33. The summed E-state index contributed by atoms with van der Waals surface area (Å²) in [4.78, 5) is 12.0. The number of piperidine rings is 1. The van der Waals surface area contributed by atoms with Crippen LogP contribution in [0.5, 0.6) is 0 Å². The number of hydrogen-bond donors (Lipinski definition) is 2. The SMILES string of the molecule is Cc1c(F)cc(C#N)cc1NC(=O)CC1CCNCC1. The molecule has 0 bridgehead atoms. The molecule has 1 aliphatic rings. The van der Waals surface area contributed by atoms with Gasteiger partial charge in [-0.15, -0.1) is 0 Å². The normalized spacial score (nSPS) is 15.7. The molecule has 1 saturated heterocycles. The molecule has 4 nitrogen and oxygen atoms in total. The first-order valence-electron chi connectivity index (χ1n) is 6.81. The molecule has 20 heavy (non-hydrogen) atoms. The molecule has 0 aromatic heterocycles. The molecule has 1 aromatic rings. The largest absolute Gasteiger partial charge is 0.326 e. The fourth-order valence-electron chi connectivity index (χ4n) is 2.42. The fraction of sp³-hybridized carbons (Fsp3) is 0.467. The molecular formula is C15H18FN3O. The van der Waals surface area contributed by atoms with Crippen molar-refractivity contribution in [1.82, 2.24) is 5.32 Å². The highest BCUT2D eigenvalue weighted by molar-refractivity contribution is 5.91. The predicted molar refractivity (Wildman–Crippen MR) is 74.7 cm³/mol. The molecule has 2 N–H and O–H groups in total. The van der Waals surface area contributed by atoms with Crippen molar-refractivity contribution < 1.29 is 9.18 Å². The van der Waals surface area contributed by atoms with Crippen molar-refractivity contribution in [3.63, 3.8) is 0 Å². The summed E-state index contributed by atoms with van der Waals surface area (Å²) in [6, 6.07) is 4.58. The average Bonchev–Trinajstić information content (AvgIpc) is 2.44. The second-order valence-corrected chi connectivity index (χ2v) is 5.19. The van der Waals surface area contributed by atoms with Gasteiger partial charge in [-0.25, -0.2) is 4.39 Å². The van der Waals surface area contributed by atoms with Crippen molar-refractivity contribution in [3.05, 3.63) is 29.1 Å². The maximum atomic E-state index is 13.6. The zero-order chi connectivity index (χ0) is 14.5. The number of rotatable bonds is 3. The molecule has 0 radical (unpaired) electrons. The summed E-state index contributed by atoms with van der Waals surface area (Å²) in [5.74, 6) is -0.212. The molecule has 1 fully saturated rings. The Morgan fingerprint density at radius 2 is 2.20 bits per heavy atom. The number of hydrogen-bond acceptors (Lipinski definition) is 3. The third kappa shape index (κ3) is 3.55. The topological polar surface area (TPSA) is 64.9 Å². The first-order chi connectivity index (χ1) is 9.60. The van der Waals surface area contributed by atoms with E-state index >= 15 is 0 Å². The summed E-state index contributed by atoms with van der Waals surface area (Å²) >= 11 is 0. The number of benzene rings is 1. The van der Waals surface area contributed by atoms with Crippen LogP contribution in [0, 0.1) is 30.0 Å². The zero-order valence-corrected chi connectivity index (χ0v) is 11.5. The van der Waals surface area contributed by atoms with Crippen LogP contribution in [0.4, 0.5) is 10.1 Å². The standard InChI is InChI=1S/C15H18FN3O/c1-10-13(16)6-12(9-17)7-14(10)19-15(20)8-11-2-4-18-5-3-11/h6-7,11,18H,2-5,8H2,1H3,(H,19,20). The Morgan fingerprint density at radius 3 is 2.85 bits per heavy atom. The lowest BCUT2D eigenvalue weighted by Crippen LogP contribution is -2.30. The first kappa shape index (κ1) is 14.5. The van der Waals surface area contributed by atoms with Gasteiger partial charge in [-0.2, -0.15) is 5.26 Å². The van der Waals surface area contributed by atoms with E-state index in [1.54, 1.807) is 6.92 Å². The second kappa shape index (κ2) is 6.49. The van der Waals surface area contributed by atoms with E-state index < -0.39 is 5.82 Å². The monoisotopic (exact) mass is 275 g/mol. The minimum absolute atomic E-state index is 0.116. The van der Waals surface area contributed by atoms with E-state index in [-0.39, 0.29) is 11.5 Å². The molecule has 106 valence electrons. The van der Waals surface area contributed by atoms with E-state index in [0.29, 0.717) is 23.6 Å². The molecule has 0 spiro atoms. The molecule has 1 aromatic carbocycles.